The van der Waals surface area contributed by atoms with E-state index < -0.39 is 10.0 Å². The van der Waals surface area contributed by atoms with Crippen LogP contribution in [0.1, 0.15) is 53.5 Å². The summed E-state index contributed by atoms with van der Waals surface area (Å²) in [7, 11) is -3.32. The molecule has 2 aromatic rings. The Kier molecular flexibility index (Phi) is 6.97. The molecule has 1 aromatic heterocycles. The van der Waals surface area contributed by atoms with Gasteiger partial charge in [-0.3, -0.25) is 14.4 Å². The van der Waals surface area contributed by atoms with Crippen molar-refractivity contribution >= 4 is 33.0 Å². The smallest absolute Gasteiger partial charge is 0.251 e. The monoisotopic (exact) mass is 435 g/mol. The standard InChI is InChI=1S/C21H29N3O3S2/c1-15-14-18-10-13-28-20(18)16(2)24(15)12-5-4-11-22-21(25)17-6-8-19(9-7-17)23-29(3,26)27/h6-10,13,15-16,23H,4-5,11-12,14H2,1-3H3,(H,22,25). The summed E-state index contributed by atoms with van der Waals surface area (Å²) in [6.07, 6.45) is 4.17. The van der Waals surface area contributed by atoms with E-state index in [4.69, 9.17) is 0 Å². The minimum atomic E-state index is -3.32. The summed E-state index contributed by atoms with van der Waals surface area (Å²) in [6, 6.07) is 9.69. The molecule has 2 N–H and O–H groups in total. The van der Waals surface area contributed by atoms with Crippen LogP contribution in [0, 0.1) is 0 Å². The molecule has 2 unspecified atom stereocenters. The first-order chi connectivity index (χ1) is 13.7. The molecule has 0 radical (unpaired) electrons. The molecule has 3 rings (SSSR count). The molecule has 0 bridgehead atoms. The molecule has 158 valence electrons. The molecule has 0 saturated heterocycles. The van der Waals surface area contributed by atoms with Gasteiger partial charge in [-0.2, -0.15) is 0 Å². The number of thiophene rings is 1. The Labute approximate surface area is 177 Å². The number of hydrogen-bond acceptors (Lipinski definition) is 5. The average Bonchev–Trinajstić information content (AvgIpc) is 3.11. The first kappa shape index (κ1) is 21.8. The van der Waals surface area contributed by atoms with Crippen LogP contribution < -0.4 is 10.0 Å². The van der Waals surface area contributed by atoms with E-state index in [-0.39, 0.29) is 5.91 Å². The summed E-state index contributed by atoms with van der Waals surface area (Å²) < 4.78 is 24.8. The highest BCUT2D eigenvalue weighted by molar-refractivity contribution is 7.92. The topological polar surface area (TPSA) is 78.5 Å². The largest absolute Gasteiger partial charge is 0.352 e. The Morgan fingerprint density at radius 1 is 1.17 bits per heavy atom. The maximum Gasteiger partial charge on any atom is 0.251 e. The molecule has 1 amide bonds. The van der Waals surface area contributed by atoms with Crippen molar-refractivity contribution in [3.05, 3.63) is 51.7 Å². The second-order valence-electron chi connectivity index (χ2n) is 7.69. The molecule has 2 atom stereocenters. The lowest BCUT2D eigenvalue weighted by atomic mass is 9.96. The highest BCUT2D eigenvalue weighted by atomic mass is 32.2. The first-order valence-corrected chi connectivity index (χ1v) is 12.7. The van der Waals surface area contributed by atoms with Gasteiger partial charge in [0.1, 0.15) is 0 Å². The van der Waals surface area contributed by atoms with Gasteiger partial charge in [-0.25, -0.2) is 8.42 Å². The fraction of sp³-hybridized carbons (Fsp3) is 0.476. The number of carbonyl (C=O) groups is 1. The lowest BCUT2D eigenvalue weighted by molar-refractivity contribution is 0.0950. The third-order valence-corrected chi connectivity index (χ3v) is 7.05. The third kappa shape index (κ3) is 5.81. The lowest BCUT2D eigenvalue weighted by Gasteiger charge is -2.39. The van der Waals surface area contributed by atoms with Gasteiger partial charge in [0.2, 0.25) is 10.0 Å². The van der Waals surface area contributed by atoms with Crippen molar-refractivity contribution in [1.82, 2.24) is 10.2 Å². The minimum absolute atomic E-state index is 0.140. The summed E-state index contributed by atoms with van der Waals surface area (Å²) in [5.41, 5.74) is 2.46. The Balaban J connectivity index is 1.41. The third-order valence-electron chi connectivity index (χ3n) is 5.32. The van der Waals surface area contributed by atoms with E-state index >= 15 is 0 Å². The van der Waals surface area contributed by atoms with Gasteiger partial charge in [0.25, 0.3) is 5.91 Å². The van der Waals surface area contributed by atoms with Gasteiger partial charge in [-0.15, -0.1) is 11.3 Å². The van der Waals surface area contributed by atoms with Crippen LogP contribution in [-0.2, 0) is 16.4 Å². The quantitative estimate of drug-likeness (QED) is 0.621. The summed E-state index contributed by atoms with van der Waals surface area (Å²) in [5.74, 6) is -0.140. The minimum Gasteiger partial charge on any atom is -0.352 e. The van der Waals surface area contributed by atoms with Crippen molar-refractivity contribution in [1.29, 1.82) is 0 Å². The lowest BCUT2D eigenvalue weighted by Crippen LogP contribution is -2.41. The molecule has 8 heteroatoms. The average molecular weight is 436 g/mol. The number of rotatable bonds is 8. The van der Waals surface area contributed by atoms with Crippen LogP contribution >= 0.6 is 11.3 Å². The molecule has 0 fully saturated rings. The van der Waals surface area contributed by atoms with Crippen LogP contribution in [0.25, 0.3) is 0 Å². The number of nitrogens with zero attached hydrogens (tertiary/aromatic N) is 1. The predicted octanol–water partition coefficient (Wildman–Crippen LogP) is 3.64. The van der Waals surface area contributed by atoms with E-state index in [2.05, 4.69) is 40.2 Å². The van der Waals surface area contributed by atoms with E-state index in [1.165, 1.54) is 10.4 Å². The van der Waals surface area contributed by atoms with Gasteiger partial charge in [-0.05, 0) is 80.9 Å². The van der Waals surface area contributed by atoms with Crippen LogP contribution in [-0.4, -0.2) is 44.6 Å². The molecule has 1 aliphatic rings. The Morgan fingerprint density at radius 2 is 1.90 bits per heavy atom. The number of anilines is 1. The fourth-order valence-electron chi connectivity index (χ4n) is 3.89. The van der Waals surface area contributed by atoms with Gasteiger partial charge in [-0.1, -0.05) is 0 Å². The summed E-state index contributed by atoms with van der Waals surface area (Å²) in [4.78, 5) is 16.3. The second-order valence-corrected chi connectivity index (χ2v) is 10.4. The molecular formula is C21H29N3O3S2. The van der Waals surface area contributed by atoms with Crippen molar-refractivity contribution in [2.24, 2.45) is 0 Å². The number of benzene rings is 1. The van der Waals surface area contributed by atoms with Crippen LogP contribution in [0.5, 0.6) is 0 Å². The Bertz CT molecular complexity index is 938. The number of fused-ring (bicyclic) bond motifs is 1. The van der Waals surface area contributed by atoms with Crippen LogP contribution in [0.3, 0.4) is 0 Å². The molecule has 1 aliphatic heterocycles. The number of sulfonamides is 1. The summed E-state index contributed by atoms with van der Waals surface area (Å²) >= 11 is 1.85. The SMILES string of the molecule is CC1Cc2ccsc2C(C)N1CCCCNC(=O)c1ccc(NS(C)(=O)=O)cc1. The van der Waals surface area contributed by atoms with E-state index in [0.717, 1.165) is 32.1 Å². The van der Waals surface area contributed by atoms with Crippen molar-refractivity contribution in [2.75, 3.05) is 24.1 Å². The van der Waals surface area contributed by atoms with Gasteiger partial charge in [0.05, 0.1) is 6.26 Å². The van der Waals surface area contributed by atoms with E-state index in [1.54, 1.807) is 24.3 Å². The van der Waals surface area contributed by atoms with E-state index in [1.807, 2.05) is 11.3 Å². The normalized spacial score (nSPS) is 19.6. The molecule has 0 aliphatic carbocycles. The Morgan fingerprint density at radius 3 is 2.59 bits per heavy atom. The predicted molar refractivity (Wildman–Crippen MR) is 119 cm³/mol. The van der Waals surface area contributed by atoms with Gasteiger partial charge in [0, 0.05) is 34.8 Å². The highest BCUT2D eigenvalue weighted by Crippen LogP contribution is 2.36. The van der Waals surface area contributed by atoms with E-state index in [9.17, 15) is 13.2 Å². The number of hydrogen-bond donors (Lipinski definition) is 2. The summed E-state index contributed by atoms with van der Waals surface area (Å²) in [5, 5.41) is 5.14. The molecular weight excluding hydrogens is 406 g/mol. The molecule has 1 aromatic carbocycles. The maximum atomic E-state index is 12.3. The van der Waals surface area contributed by atoms with Gasteiger partial charge >= 0.3 is 0 Å². The van der Waals surface area contributed by atoms with Crippen molar-refractivity contribution in [2.45, 2.75) is 45.2 Å². The zero-order valence-corrected chi connectivity index (χ0v) is 18.8. The van der Waals surface area contributed by atoms with Crippen molar-refractivity contribution < 1.29 is 13.2 Å². The number of nitrogens with one attached hydrogen (secondary N) is 2. The molecule has 0 spiro atoms. The van der Waals surface area contributed by atoms with Gasteiger partial charge in [0.15, 0.2) is 0 Å². The number of amides is 1. The molecule has 0 saturated carbocycles. The molecule has 6 nitrogen and oxygen atoms in total. The number of carbonyl (C=O) groups excluding carboxylic acids is 1. The zero-order chi connectivity index (χ0) is 21.0. The number of unbranched alkanes of at least 4 members (excludes halogenated alkanes) is 1. The van der Waals surface area contributed by atoms with Crippen LogP contribution in [0.15, 0.2) is 35.7 Å². The zero-order valence-electron chi connectivity index (χ0n) is 17.1. The Hall–Kier alpha value is -1.90. The second kappa shape index (κ2) is 9.28. The highest BCUT2D eigenvalue weighted by Gasteiger charge is 2.29. The fourth-order valence-corrected chi connectivity index (χ4v) is 5.47. The van der Waals surface area contributed by atoms with E-state index in [0.29, 0.717) is 29.9 Å². The molecule has 29 heavy (non-hydrogen) atoms. The van der Waals surface area contributed by atoms with Crippen molar-refractivity contribution in [3.8, 4) is 0 Å². The van der Waals surface area contributed by atoms with Crippen LogP contribution in [0.4, 0.5) is 5.69 Å². The summed E-state index contributed by atoms with van der Waals surface area (Å²) in [6.45, 7) is 6.24. The van der Waals surface area contributed by atoms with Gasteiger partial charge < -0.3 is 5.32 Å². The van der Waals surface area contributed by atoms with Crippen LogP contribution in [0.2, 0.25) is 0 Å². The first-order valence-electron chi connectivity index (χ1n) is 9.92. The maximum absolute atomic E-state index is 12.3. The molecule has 2 heterocycles. The van der Waals surface area contributed by atoms with Crippen molar-refractivity contribution in [3.63, 3.8) is 0 Å².